The molecule has 0 saturated carbocycles. The predicted octanol–water partition coefficient (Wildman–Crippen LogP) is -1.86. The second kappa shape index (κ2) is 5.67. The van der Waals surface area contributed by atoms with Crippen LogP contribution in [0.1, 0.15) is 10.4 Å². The first-order valence-corrected chi connectivity index (χ1v) is 5.11. The van der Waals surface area contributed by atoms with Crippen molar-refractivity contribution in [3.63, 3.8) is 0 Å². The van der Waals surface area contributed by atoms with E-state index >= 15 is 0 Å². The molecule has 7 N–H and O–H groups in total. The Bertz CT molecular complexity index is 515. The first-order valence-electron chi connectivity index (χ1n) is 5.11. The van der Waals surface area contributed by atoms with E-state index in [0.717, 1.165) is 17.2 Å². The molecule has 1 heterocycles. The lowest BCUT2D eigenvalue weighted by Crippen LogP contribution is -2.40. The number of amides is 2. The normalized spacial score (nSPS) is 9.89. The van der Waals surface area contributed by atoms with Gasteiger partial charge < -0.3 is 27.2 Å². The number of rotatable bonds is 6. The number of hydrogen-bond acceptors (Lipinski definition) is 6. The molecule has 0 spiro atoms. The third kappa shape index (κ3) is 3.84. The summed E-state index contributed by atoms with van der Waals surface area (Å²) in [5, 5.41) is 9.06. The van der Waals surface area contributed by atoms with E-state index in [2.05, 4.69) is 4.98 Å². The monoisotopic (exact) mass is 267 g/mol. The van der Waals surface area contributed by atoms with Gasteiger partial charge in [-0.25, -0.2) is 9.78 Å². The zero-order valence-corrected chi connectivity index (χ0v) is 9.87. The topological polar surface area (TPSA) is 166 Å². The Morgan fingerprint density at radius 3 is 2.16 bits per heavy atom. The molecule has 2 amide bonds. The van der Waals surface area contributed by atoms with Crippen molar-refractivity contribution in [3.8, 4) is 0 Å². The average Bonchev–Trinajstić information content (AvgIpc) is 2.26. The number of hydrogen-bond donors (Lipinski definition) is 4. The number of pyridine rings is 1. The molecule has 1 aromatic rings. The first-order chi connectivity index (χ1) is 8.81. The van der Waals surface area contributed by atoms with Crippen LogP contribution in [-0.4, -0.2) is 41.0 Å². The molecule has 0 unspecified atom stereocenters. The average molecular weight is 267 g/mol. The quantitative estimate of drug-likeness (QED) is 0.468. The molecule has 19 heavy (non-hydrogen) atoms. The van der Waals surface area contributed by atoms with Crippen LogP contribution in [0.2, 0.25) is 0 Å². The van der Waals surface area contributed by atoms with E-state index < -0.39 is 17.8 Å². The van der Waals surface area contributed by atoms with Crippen molar-refractivity contribution >= 4 is 29.3 Å². The van der Waals surface area contributed by atoms with Gasteiger partial charge in [0.05, 0.1) is 30.5 Å². The number of carbonyl (C=O) groups excluding carboxylic acids is 2. The number of carbonyl (C=O) groups is 3. The van der Waals surface area contributed by atoms with Gasteiger partial charge >= 0.3 is 5.97 Å². The number of anilines is 2. The molecule has 0 fully saturated rings. The second-order valence-corrected chi connectivity index (χ2v) is 3.72. The van der Waals surface area contributed by atoms with Crippen molar-refractivity contribution in [2.45, 2.75) is 0 Å². The summed E-state index contributed by atoms with van der Waals surface area (Å²) >= 11 is 0. The third-order valence-corrected chi connectivity index (χ3v) is 2.17. The fourth-order valence-electron chi connectivity index (χ4n) is 1.49. The van der Waals surface area contributed by atoms with Gasteiger partial charge in [0.1, 0.15) is 5.82 Å². The third-order valence-electron chi connectivity index (χ3n) is 2.17. The molecule has 0 bridgehead atoms. The SMILES string of the molecule is NC(=O)CN(CC(N)=O)c1cnc(N)cc1C(=O)O. The molecule has 0 saturated heterocycles. The molecule has 0 aromatic carbocycles. The van der Waals surface area contributed by atoms with Gasteiger partial charge in [-0.15, -0.1) is 0 Å². The maximum absolute atomic E-state index is 11.1. The lowest BCUT2D eigenvalue weighted by atomic mass is 10.2. The molecule has 1 aromatic heterocycles. The van der Waals surface area contributed by atoms with Gasteiger partial charge in [-0.2, -0.15) is 0 Å². The lowest BCUT2D eigenvalue weighted by molar-refractivity contribution is -0.117. The highest BCUT2D eigenvalue weighted by atomic mass is 16.4. The molecule has 0 aliphatic rings. The van der Waals surface area contributed by atoms with Gasteiger partial charge in [-0.1, -0.05) is 0 Å². The number of aromatic nitrogens is 1. The molecular formula is C10H13N5O4. The summed E-state index contributed by atoms with van der Waals surface area (Å²) in [4.78, 5) is 37.9. The maximum Gasteiger partial charge on any atom is 0.338 e. The van der Waals surface area contributed by atoms with Crippen LogP contribution in [0.5, 0.6) is 0 Å². The van der Waals surface area contributed by atoms with E-state index in [9.17, 15) is 14.4 Å². The molecule has 1 rings (SSSR count). The minimum Gasteiger partial charge on any atom is -0.478 e. The minimum absolute atomic E-state index is 0.000694. The maximum atomic E-state index is 11.1. The Morgan fingerprint density at radius 2 is 1.74 bits per heavy atom. The molecule has 0 aliphatic carbocycles. The second-order valence-electron chi connectivity index (χ2n) is 3.72. The number of nitrogens with zero attached hydrogens (tertiary/aromatic N) is 2. The van der Waals surface area contributed by atoms with Crippen molar-refractivity contribution < 1.29 is 19.5 Å². The molecular weight excluding hydrogens is 254 g/mol. The Kier molecular flexibility index (Phi) is 4.24. The van der Waals surface area contributed by atoms with Crippen LogP contribution in [0.25, 0.3) is 0 Å². The Labute approximate surface area is 108 Å². The van der Waals surface area contributed by atoms with E-state index in [0.29, 0.717) is 0 Å². The summed E-state index contributed by atoms with van der Waals surface area (Å²) in [5.74, 6) is -2.76. The standard InChI is InChI=1S/C10H13N5O4/c11-7-1-5(10(18)19)6(2-14-7)15(3-8(12)16)4-9(13)17/h1-2H,3-4H2,(H2,11,14)(H2,12,16)(H2,13,17)(H,18,19). The van der Waals surface area contributed by atoms with E-state index in [1.54, 1.807) is 0 Å². The molecule has 0 atom stereocenters. The van der Waals surface area contributed by atoms with Gasteiger partial charge in [-0.3, -0.25) is 9.59 Å². The molecule has 9 nitrogen and oxygen atoms in total. The summed E-state index contributed by atoms with van der Waals surface area (Å²) in [5.41, 5.74) is 15.3. The number of nitrogens with two attached hydrogens (primary N) is 3. The fourth-order valence-corrected chi connectivity index (χ4v) is 1.49. The Hall–Kier alpha value is -2.84. The highest BCUT2D eigenvalue weighted by Crippen LogP contribution is 2.21. The summed E-state index contributed by atoms with van der Waals surface area (Å²) < 4.78 is 0. The van der Waals surface area contributed by atoms with Gasteiger partial charge in [0.25, 0.3) is 0 Å². The smallest absolute Gasteiger partial charge is 0.338 e. The van der Waals surface area contributed by atoms with Crippen LogP contribution in [0.15, 0.2) is 12.3 Å². The summed E-state index contributed by atoms with van der Waals surface area (Å²) in [6, 6.07) is 1.12. The van der Waals surface area contributed by atoms with Crippen molar-refractivity contribution in [1.82, 2.24) is 4.98 Å². The molecule has 0 radical (unpaired) electrons. The Morgan fingerprint density at radius 1 is 1.21 bits per heavy atom. The number of carboxylic acid groups (broad SMARTS) is 1. The predicted molar refractivity (Wildman–Crippen MR) is 66.2 cm³/mol. The van der Waals surface area contributed by atoms with E-state index in [4.69, 9.17) is 22.3 Å². The van der Waals surface area contributed by atoms with Crippen molar-refractivity contribution in [2.24, 2.45) is 11.5 Å². The summed E-state index contributed by atoms with van der Waals surface area (Å²) in [7, 11) is 0. The minimum atomic E-state index is -1.27. The highest BCUT2D eigenvalue weighted by Gasteiger charge is 2.20. The lowest BCUT2D eigenvalue weighted by Gasteiger charge is -2.22. The molecule has 9 heteroatoms. The van der Waals surface area contributed by atoms with Crippen molar-refractivity contribution in [2.75, 3.05) is 23.7 Å². The fraction of sp³-hybridized carbons (Fsp3) is 0.200. The van der Waals surface area contributed by atoms with Crippen LogP contribution in [0.4, 0.5) is 11.5 Å². The number of nitrogen functional groups attached to an aromatic ring is 1. The van der Waals surface area contributed by atoms with Gasteiger partial charge in [0.2, 0.25) is 11.8 Å². The van der Waals surface area contributed by atoms with Crippen LogP contribution in [-0.2, 0) is 9.59 Å². The molecule has 102 valence electrons. The highest BCUT2D eigenvalue weighted by molar-refractivity contribution is 5.97. The van der Waals surface area contributed by atoms with Crippen molar-refractivity contribution in [1.29, 1.82) is 0 Å². The van der Waals surface area contributed by atoms with Gasteiger partial charge in [0.15, 0.2) is 0 Å². The number of carboxylic acids is 1. The van der Waals surface area contributed by atoms with Crippen LogP contribution < -0.4 is 22.1 Å². The van der Waals surface area contributed by atoms with Crippen molar-refractivity contribution in [3.05, 3.63) is 17.8 Å². The summed E-state index contributed by atoms with van der Waals surface area (Å²) in [6.45, 7) is -0.733. The van der Waals surface area contributed by atoms with E-state index in [1.807, 2.05) is 0 Å². The van der Waals surface area contributed by atoms with Crippen LogP contribution >= 0.6 is 0 Å². The summed E-state index contributed by atoms with van der Waals surface area (Å²) in [6.07, 6.45) is 1.14. The zero-order valence-electron chi connectivity index (χ0n) is 9.87. The zero-order chi connectivity index (χ0) is 14.6. The van der Waals surface area contributed by atoms with Gasteiger partial charge in [-0.05, 0) is 6.07 Å². The van der Waals surface area contributed by atoms with E-state index in [-0.39, 0.29) is 30.2 Å². The number of aromatic carboxylic acids is 1. The van der Waals surface area contributed by atoms with Gasteiger partial charge in [0, 0.05) is 0 Å². The first kappa shape index (κ1) is 14.2. The molecule has 0 aliphatic heterocycles. The Balaban J connectivity index is 3.24. The van der Waals surface area contributed by atoms with E-state index in [1.165, 1.54) is 0 Å². The van der Waals surface area contributed by atoms with Crippen LogP contribution in [0.3, 0.4) is 0 Å². The number of primary amides is 2. The van der Waals surface area contributed by atoms with Crippen LogP contribution in [0, 0.1) is 0 Å². The largest absolute Gasteiger partial charge is 0.478 e.